The van der Waals surface area contributed by atoms with Gasteiger partial charge in [0.05, 0.1) is 12.9 Å². The van der Waals surface area contributed by atoms with Crippen LogP contribution in [-0.4, -0.2) is 42.3 Å². The number of anilines is 1. The Labute approximate surface area is 189 Å². The number of hydrogen-bond donors (Lipinski definition) is 1. The molecule has 0 saturated heterocycles. The van der Waals surface area contributed by atoms with Gasteiger partial charge in [0.2, 0.25) is 10.3 Å². The number of rotatable bonds is 10. The van der Waals surface area contributed by atoms with Gasteiger partial charge in [0.15, 0.2) is 11.5 Å². The Morgan fingerprint density at radius 3 is 2.74 bits per heavy atom. The number of carbonyl (C=O) groups excluding carboxylic acids is 1. The van der Waals surface area contributed by atoms with Gasteiger partial charge in [-0.1, -0.05) is 31.7 Å². The quantitative estimate of drug-likeness (QED) is 0.234. The molecular weight excluding hydrogens is 460 g/mol. The highest BCUT2D eigenvalue weighted by atomic mass is 32.2. The number of benzene rings is 1. The zero-order valence-corrected chi connectivity index (χ0v) is 19.9. The minimum Gasteiger partial charge on any atom is -0.490 e. The van der Waals surface area contributed by atoms with Crippen LogP contribution in [0, 0.1) is 17.2 Å². The van der Waals surface area contributed by atoms with E-state index in [-0.39, 0.29) is 23.7 Å². The smallest absolute Gasteiger partial charge is 0.306 e. The van der Waals surface area contributed by atoms with Gasteiger partial charge in [-0.15, -0.1) is 0 Å². The van der Waals surface area contributed by atoms with E-state index in [1.165, 1.54) is 36.0 Å². The van der Waals surface area contributed by atoms with Gasteiger partial charge in [0.25, 0.3) is 5.91 Å². The number of amides is 1. The van der Waals surface area contributed by atoms with Crippen LogP contribution < -0.4 is 14.2 Å². The first-order chi connectivity index (χ1) is 14.6. The predicted octanol–water partition coefficient (Wildman–Crippen LogP) is 3.57. The van der Waals surface area contributed by atoms with Crippen LogP contribution in [-0.2, 0) is 14.9 Å². The van der Waals surface area contributed by atoms with E-state index in [0.29, 0.717) is 21.8 Å². The summed E-state index contributed by atoms with van der Waals surface area (Å²) in [5.41, 5.74) is 0.298. The van der Waals surface area contributed by atoms with E-state index in [1.54, 1.807) is 6.92 Å². The van der Waals surface area contributed by atoms with E-state index in [0.717, 1.165) is 23.5 Å². The molecule has 0 atom stereocenters. The highest BCUT2D eigenvalue weighted by Crippen LogP contribution is 2.30. The van der Waals surface area contributed by atoms with E-state index in [2.05, 4.69) is 28.5 Å². The zero-order valence-electron chi connectivity index (χ0n) is 17.4. The molecule has 1 aromatic heterocycles. The van der Waals surface area contributed by atoms with Crippen molar-refractivity contribution >= 4 is 50.5 Å². The molecule has 0 aliphatic rings. The molecular formula is C19H22N4O5S3. The number of hydrogen-bond acceptors (Lipinski definition) is 10. The number of thioether (sulfide) groups is 1. The SMILES string of the molecule is CCOc1cc(/C=C(/C#N)C(=O)Nc2nc(SCC(C)C)ns2)ccc1OS(C)(=O)=O. The Morgan fingerprint density at radius 1 is 1.39 bits per heavy atom. The summed E-state index contributed by atoms with van der Waals surface area (Å²) < 4.78 is 37.3. The first kappa shape index (κ1) is 24.6. The highest BCUT2D eigenvalue weighted by Gasteiger charge is 2.15. The third-order valence-corrected chi connectivity index (χ3v) is 5.86. The molecule has 0 saturated carbocycles. The Kier molecular flexibility index (Phi) is 8.85. The van der Waals surface area contributed by atoms with E-state index in [9.17, 15) is 18.5 Å². The number of carbonyl (C=O) groups is 1. The second kappa shape index (κ2) is 11.1. The maximum atomic E-state index is 12.5. The summed E-state index contributed by atoms with van der Waals surface area (Å²) in [6, 6.07) is 6.25. The lowest BCUT2D eigenvalue weighted by Gasteiger charge is -2.11. The minimum absolute atomic E-state index is 0.0183. The first-order valence-electron chi connectivity index (χ1n) is 9.17. The van der Waals surface area contributed by atoms with Gasteiger partial charge in [-0.3, -0.25) is 10.1 Å². The standard InChI is InChI=1S/C19H22N4O5S3/c1-5-27-16-9-13(6-7-15(16)28-31(4,25)26)8-14(10-20)17(24)21-18-22-19(23-30-18)29-11-12(2)3/h6-9,12H,5,11H2,1-4H3,(H,21,22,23,24)/b14-8-. The molecule has 1 heterocycles. The van der Waals surface area contributed by atoms with Crippen molar-refractivity contribution in [1.29, 1.82) is 5.26 Å². The van der Waals surface area contributed by atoms with Crippen LogP contribution in [0.15, 0.2) is 28.9 Å². The van der Waals surface area contributed by atoms with Gasteiger partial charge in [0, 0.05) is 17.3 Å². The largest absolute Gasteiger partial charge is 0.490 e. The van der Waals surface area contributed by atoms with Crippen LogP contribution in [0.1, 0.15) is 26.3 Å². The van der Waals surface area contributed by atoms with Crippen molar-refractivity contribution in [1.82, 2.24) is 9.36 Å². The Morgan fingerprint density at radius 2 is 2.13 bits per heavy atom. The molecule has 31 heavy (non-hydrogen) atoms. The van der Waals surface area contributed by atoms with Crippen LogP contribution >= 0.6 is 23.3 Å². The molecule has 0 spiro atoms. The average molecular weight is 483 g/mol. The lowest BCUT2D eigenvalue weighted by molar-refractivity contribution is -0.112. The minimum atomic E-state index is -3.74. The maximum absolute atomic E-state index is 12.5. The summed E-state index contributed by atoms with van der Waals surface area (Å²) in [6.07, 6.45) is 2.28. The summed E-state index contributed by atoms with van der Waals surface area (Å²) in [5.74, 6) is 0.901. The van der Waals surface area contributed by atoms with E-state index in [4.69, 9.17) is 8.92 Å². The zero-order chi connectivity index (χ0) is 23.0. The fourth-order valence-corrected chi connectivity index (χ4v) is 4.11. The van der Waals surface area contributed by atoms with E-state index < -0.39 is 16.0 Å². The van der Waals surface area contributed by atoms with Gasteiger partial charge < -0.3 is 8.92 Å². The Balaban J connectivity index is 2.19. The van der Waals surface area contributed by atoms with Crippen molar-refractivity contribution in [3.8, 4) is 17.6 Å². The normalized spacial score (nSPS) is 11.8. The average Bonchev–Trinajstić information content (AvgIpc) is 3.12. The second-order valence-corrected chi connectivity index (χ2v) is 9.95. The number of ether oxygens (including phenoxy) is 1. The van der Waals surface area contributed by atoms with Crippen molar-refractivity contribution in [2.24, 2.45) is 5.92 Å². The molecule has 0 aliphatic heterocycles. The number of aromatic nitrogens is 2. The van der Waals surface area contributed by atoms with Crippen molar-refractivity contribution < 1.29 is 22.1 Å². The molecule has 0 unspecified atom stereocenters. The number of nitrogens with one attached hydrogen (secondary N) is 1. The summed E-state index contributed by atoms with van der Waals surface area (Å²) in [4.78, 5) is 16.7. The summed E-state index contributed by atoms with van der Waals surface area (Å²) >= 11 is 2.53. The maximum Gasteiger partial charge on any atom is 0.306 e. The molecule has 9 nitrogen and oxygen atoms in total. The lowest BCUT2D eigenvalue weighted by atomic mass is 10.1. The van der Waals surface area contributed by atoms with Crippen LogP contribution in [0.3, 0.4) is 0 Å². The summed E-state index contributed by atoms with van der Waals surface area (Å²) in [5, 5.41) is 12.8. The molecule has 0 fully saturated rings. The number of nitrogens with zero attached hydrogens (tertiary/aromatic N) is 3. The molecule has 2 rings (SSSR count). The molecule has 2 aromatic rings. The highest BCUT2D eigenvalue weighted by molar-refractivity contribution is 7.99. The Hall–Kier alpha value is -2.62. The molecule has 0 aliphatic carbocycles. The van der Waals surface area contributed by atoms with Gasteiger partial charge in [-0.05, 0) is 36.6 Å². The monoisotopic (exact) mass is 482 g/mol. The third kappa shape index (κ3) is 8.20. The van der Waals surface area contributed by atoms with Gasteiger partial charge >= 0.3 is 10.1 Å². The van der Waals surface area contributed by atoms with Crippen molar-refractivity contribution in [3.05, 3.63) is 29.3 Å². The number of nitriles is 1. The van der Waals surface area contributed by atoms with Crippen molar-refractivity contribution in [2.45, 2.75) is 25.9 Å². The molecule has 0 radical (unpaired) electrons. The Bertz CT molecular complexity index is 1100. The van der Waals surface area contributed by atoms with E-state index >= 15 is 0 Å². The van der Waals surface area contributed by atoms with Crippen LogP contribution in [0.5, 0.6) is 11.5 Å². The van der Waals surface area contributed by atoms with Crippen LogP contribution in [0.4, 0.5) is 5.13 Å². The molecule has 1 aromatic carbocycles. The van der Waals surface area contributed by atoms with Crippen LogP contribution in [0.2, 0.25) is 0 Å². The first-order valence-corrected chi connectivity index (χ1v) is 12.7. The molecule has 0 bridgehead atoms. The fraction of sp³-hybridized carbons (Fsp3) is 0.368. The van der Waals surface area contributed by atoms with Gasteiger partial charge in [0.1, 0.15) is 11.6 Å². The fourth-order valence-electron chi connectivity index (χ4n) is 2.15. The predicted molar refractivity (Wildman–Crippen MR) is 121 cm³/mol. The molecule has 1 N–H and O–H groups in total. The van der Waals surface area contributed by atoms with Crippen molar-refractivity contribution in [2.75, 3.05) is 23.9 Å². The summed E-state index contributed by atoms with van der Waals surface area (Å²) in [6.45, 7) is 6.18. The molecule has 166 valence electrons. The summed E-state index contributed by atoms with van der Waals surface area (Å²) in [7, 11) is -3.74. The lowest BCUT2D eigenvalue weighted by Crippen LogP contribution is -2.13. The second-order valence-electron chi connectivity index (χ2n) is 6.64. The molecule has 12 heteroatoms. The van der Waals surface area contributed by atoms with Crippen LogP contribution in [0.25, 0.3) is 6.08 Å². The molecule has 1 amide bonds. The van der Waals surface area contributed by atoms with E-state index in [1.807, 2.05) is 6.07 Å². The van der Waals surface area contributed by atoms with Crippen molar-refractivity contribution in [3.63, 3.8) is 0 Å². The third-order valence-electron chi connectivity index (χ3n) is 3.36. The topological polar surface area (TPSA) is 131 Å². The van der Waals surface area contributed by atoms with Gasteiger partial charge in [-0.25, -0.2) is 0 Å². The van der Waals surface area contributed by atoms with Gasteiger partial charge in [-0.2, -0.15) is 23.0 Å².